The average Bonchev–Trinajstić information content (AvgIpc) is 3.03. The van der Waals surface area contributed by atoms with Crippen LogP contribution >= 0.6 is 0 Å². The van der Waals surface area contributed by atoms with Crippen LogP contribution in [-0.2, 0) is 6.42 Å². The smallest absolute Gasteiger partial charge is 0.156 e. The third-order valence-electron chi connectivity index (χ3n) is 2.95. The van der Waals surface area contributed by atoms with Gasteiger partial charge in [0.1, 0.15) is 5.69 Å². The standard InChI is InChI=1S/C13H11N5/c1-2-9-7-15-18-12(9)13-16-10-4-3-8(6-14)5-11(10)17-13/h3-5,7H,2H2,1H3,(H,15,18)(H,16,17). The molecule has 0 saturated heterocycles. The van der Waals surface area contributed by atoms with E-state index in [0.29, 0.717) is 5.56 Å². The maximum Gasteiger partial charge on any atom is 0.156 e. The summed E-state index contributed by atoms with van der Waals surface area (Å²) in [6.07, 6.45) is 2.70. The van der Waals surface area contributed by atoms with Crippen molar-refractivity contribution in [2.24, 2.45) is 0 Å². The molecule has 0 amide bonds. The minimum atomic E-state index is 0.623. The van der Waals surface area contributed by atoms with E-state index in [9.17, 15) is 0 Å². The Kier molecular flexibility index (Phi) is 2.34. The van der Waals surface area contributed by atoms with Gasteiger partial charge in [0.25, 0.3) is 0 Å². The summed E-state index contributed by atoms with van der Waals surface area (Å²) in [6.45, 7) is 2.07. The second-order valence-electron chi connectivity index (χ2n) is 4.05. The molecule has 0 fully saturated rings. The molecule has 0 aliphatic heterocycles. The summed E-state index contributed by atoms with van der Waals surface area (Å²) in [5.74, 6) is 0.759. The molecule has 18 heavy (non-hydrogen) atoms. The van der Waals surface area contributed by atoms with Crippen LogP contribution < -0.4 is 0 Å². The van der Waals surface area contributed by atoms with E-state index in [1.54, 1.807) is 12.1 Å². The van der Waals surface area contributed by atoms with Crippen LogP contribution in [0.15, 0.2) is 24.4 Å². The number of fused-ring (bicyclic) bond motifs is 1. The summed E-state index contributed by atoms with van der Waals surface area (Å²) < 4.78 is 0. The molecule has 5 heteroatoms. The van der Waals surface area contributed by atoms with Gasteiger partial charge in [0.2, 0.25) is 0 Å². The van der Waals surface area contributed by atoms with Crippen molar-refractivity contribution in [3.05, 3.63) is 35.5 Å². The van der Waals surface area contributed by atoms with Crippen LogP contribution in [0.1, 0.15) is 18.1 Å². The molecule has 0 radical (unpaired) electrons. The first-order chi connectivity index (χ1) is 8.81. The van der Waals surface area contributed by atoms with Gasteiger partial charge in [-0.1, -0.05) is 6.92 Å². The molecule has 0 unspecified atom stereocenters. The number of nitriles is 1. The van der Waals surface area contributed by atoms with Gasteiger partial charge in [-0.25, -0.2) is 4.98 Å². The molecule has 0 bridgehead atoms. The van der Waals surface area contributed by atoms with Crippen molar-refractivity contribution < 1.29 is 0 Å². The van der Waals surface area contributed by atoms with Crippen molar-refractivity contribution in [1.82, 2.24) is 20.2 Å². The topological polar surface area (TPSA) is 81.2 Å². The molecule has 0 aliphatic carbocycles. The number of imidazole rings is 1. The highest BCUT2D eigenvalue weighted by Gasteiger charge is 2.11. The highest BCUT2D eigenvalue weighted by Crippen LogP contribution is 2.22. The number of benzene rings is 1. The summed E-state index contributed by atoms with van der Waals surface area (Å²) in [4.78, 5) is 7.72. The number of H-pyrrole nitrogens is 2. The predicted molar refractivity (Wildman–Crippen MR) is 67.8 cm³/mol. The number of aromatic amines is 2. The highest BCUT2D eigenvalue weighted by molar-refractivity contribution is 5.80. The fraction of sp³-hybridized carbons (Fsp3) is 0.154. The SMILES string of the molecule is CCc1cn[nH]c1-c1nc2ccc(C#N)cc2[nH]1. The fourth-order valence-electron chi connectivity index (χ4n) is 1.98. The molecule has 2 aromatic heterocycles. The van der Waals surface area contributed by atoms with Gasteiger partial charge in [-0.2, -0.15) is 10.4 Å². The fourth-order valence-corrected chi connectivity index (χ4v) is 1.98. The Labute approximate surface area is 103 Å². The molecule has 2 N–H and O–H groups in total. The van der Waals surface area contributed by atoms with Crippen LogP contribution in [0.3, 0.4) is 0 Å². The lowest BCUT2D eigenvalue weighted by atomic mass is 10.2. The number of hydrogen-bond donors (Lipinski definition) is 2. The van der Waals surface area contributed by atoms with E-state index in [1.165, 1.54) is 0 Å². The first-order valence-electron chi connectivity index (χ1n) is 5.74. The lowest BCUT2D eigenvalue weighted by Crippen LogP contribution is -1.86. The minimum Gasteiger partial charge on any atom is -0.337 e. The summed E-state index contributed by atoms with van der Waals surface area (Å²) in [7, 11) is 0. The first kappa shape index (κ1) is 10.5. The Hall–Kier alpha value is -2.61. The van der Waals surface area contributed by atoms with Crippen LogP contribution in [0.4, 0.5) is 0 Å². The minimum absolute atomic E-state index is 0.623. The Morgan fingerprint density at radius 2 is 2.28 bits per heavy atom. The predicted octanol–water partition coefficient (Wildman–Crippen LogP) is 2.39. The molecule has 3 aromatic rings. The number of nitrogens with one attached hydrogen (secondary N) is 2. The van der Waals surface area contributed by atoms with Crippen LogP contribution in [0.2, 0.25) is 0 Å². The zero-order valence-electron chi connectivity index (χ0n) is 9.86. The van der Waals surface area contributed by atoms with Crippen molar-refractivity contribution in [2.75, 3.05) is 0 Å². The number of nitrogens with zero attached hydrogens (tertiary/aromatic N) is 3. The Morgan fingerprint density at radius 3 is 3.06 bits per heavy atom. The second kappa shape index (κ2) is 4.00. The van der Waals surface area contributed by atoms with Gasteiger partial charge in [0.05, 0.1) is 28.9 Å². The molecule has 0 spiro atoms. The normalized spacial score (nSPS) is 10.7. The molecule has 3 rings (SSSR count). The van der Waals surface area contributed by atoms with E-state index in [1.807, 2.05) is 12.3 Å². The zero-order valence-corrected chi connectivity index (χ0v) is 9.86. The molecule has 88 valence electrons. The van der Waals surface area contributed by atoms with E-state index in [-0.39, 0.29) is 0 Å². The maximum absolute atomic E-state index is 8.87. The largest absolute Gasteiger partial charge is 0.337 e. The van der Waals surface area contributed by atoms with Crippen molar-refractivity contribution in [3.8, 4) is 17.6 Å². The molecule has 0 saturated carbocycles. The number of aryl methyl sites for hydroxylation is 1. The van der Waals surface area contributed by atoms with Gasteiger partial charge in [-0.05, 0) is 24.6 Å². The molecule has 0 aliphatic rings. The van der Waals surface area contributed by atoms with Crippen LogP contribution in [0.5, 0.6) is 0 Å². The first-order valence-corrected chi connectivity index (χ1v) is 5.74. The van der Waals surface area contributed by atoms with Crippen LogP contribution in [-0.4, -0.2) is 20.2 Å². The van der Waals surface area contributed by atoms with Crippen LogP contribution in [0.25, 0.3) is 22.6 Å². The van der Waals surface area contributed by atoms with Crippen molar-refractivity contribution in [2.45, 2.75) is 13.3 Å². The Morgan fingerprint density at radius 1 is 1.39 bits per heavy atom. The van der Waals surface area contributed by atoms with Gasteiger partial charge in [0.15, 0.2) is 5.82 Å². The summed E-state index contributed by atoms with van der Waals surface area (Å²) in [6, 6.07) is 7.52. The molecule has 0 atom stereocenters. The molecule has 1 aromatic carbocycles. The molecule has 2 heterocycles. The summed E-state index contributed by atoms with van der Waals surface area (Å²) in [5, 5.41) is 15.9. The zero-order chi connectivity index (χ0) is 12.5. The Balaban J connectivity index is 2.17. The quantitative estimate of drug-likeness (QED) is 0.718. The van der Waals surface area contributed by atoms with Crippen LogP contribution in [0, 0.1) is 11.3 Å². The van der Waals surface area contributed by atoms with Crippen molar-refractivity contribution in [3.63, 3.8) is 0 Å². The summed E-state index contributed by atoms with van der Waals surface area (Å²) in [5.41, 5.74) is 4.36. The molecular weight excluding hydrogens is 226 g/mol. The van der Waals surface area contributed by atoms with Crippen molar-refractivity contribution in [1.29, 1.82) is 5.26 Å². The van der Waals surface area contributed by atoms with Gasteiger partial charge in [-0.15, -0.1) is 0 Å². The number of aromatic nitrogens is 4. The second-order valence-corrected chi connectivity index (χ2v) is 4.05. The number of hydrogen-bond acceptors (Lipinski definition) is 3. The lowest BCUT2D eigenvalue weighted by molar-refractivity contribution is 1.08. The maximum atomic E-state index is 8.87. The monoisotopic (exact) mass is 237 g/mol. The van der Waals surface area contributed by atoms with E-state index in [4.69, 9.17) is 5.26 Å². The lowest BCUT2D eigenvalue weighted by Gasteiger charge is -1.94. The third kappa shape index (κ3) is 1.55. The van der Waals surface area contributed by atoms with E-state index < -0.39 is 0 Å². The summed E-state index contributed by atoms with van der Waals surface area (Å²) >= 11 is 0. The van der Waals surface area contributed by atoms with E-state index in [0.717, 1.165) is 34.5 Å². The molecular formula is C13H11N5. The van der Waals surface area contributed by atoms with Gasteiger partial charge in [0, 0.05) is 5.56 Å². The highest BCUT2D eigenvalue weighted by atomic mass is 15.1. The van der Waals surface area contributed by atoms with E-state index in [2.05, 4.69) is 33.2 Å². The van der Waals surface area contributed by atoms with E-state index >= 15 is 0 Å². The average molecular weight is 237 g/mol. The van der Waals surface area contributed by atoms with Crippen molar-refractivity contribution >= 4 is 11.0 Å². The van der Waals surface area contributed by atoms with Gasteiger partial charge in [-0.3, -0.25) is 5.10 Å². The number of rotatable bonds is 2. The Bertz CT molecular complexity index is 744. The third-order valence-corrected chi connectivity index (χ3v) is 2.95. The molecule has 5 nitrogen and oxygen atoms in total. The van der Waals surface area contributed by atoms with Gasteiger partial charge >= 0.3 is 0 Å². The van der Waals surface area contributed by atoms with Gasteiger partial charge < -0.3 is 4.98 Å².